The van der Waals surface area contributed by atoms with Gasteiger partial charge in [0, 0.05) is 35.8 Å². The Morgan fingerprint density at radius 1 is 1.07 bits per heavy atom. The zero-order valence-electron chi connectivity index (χ0n) is 32.2. The number of pyridine rings is 1. The van der Waals surface area contributed by atoms with E-state index in [0.717, 1.165) is 51.5 Å². The molecule has 2 aromatic heterocycles. The smallest absolute Gasteiger partial charge is 0.319 e. The molecule has 0 amide bonds. The molecule has 7 atom stereocenters. The van der Waals surface area contributed by atoms with Crippen molar-refractivity contribution in [2.45, 2.75) is 115 Å². The quantitative estimate of drug-likeness (QED) is 0.187. The number of aromatic nitrogens is 3. The molecule has 13 heteroatoms. The lowest BCUT2D eigenvalue weighted by Gasteiger charge is -2.51. The third-order valence-electron chi connectivity index (χ3n) is 12.5. The van der Waals surface area contributed by atoms with Gasteiger partial charge in [-0.05, 0) is 107 Å². The maximum absolute atomic E-state index is 17.2. The molecule has 296 valence electrons. The minimum Gasteiger partial charge on any atom is -0.508 e. The van der Waals surface area contributed by atoms with Crippen LogP contribution in [0.3, 0.4) is 0 Å². The van der Waals surface area contributed by atoms with Gasteiger partial charge in [-0.25, -0.2) is 8.78 Å². The average molecular weight is 762 g/mol. The van der Waals surface area contributed by atoms with Gasteiger partial charge in [-0.3, -0.25) is 9.88 Å². The SMILES string of the molecule is CCc1c(F)ccc2cc(O)cc(-c3ncc4c(N5C[C@H](CO)OC[C@@](C)(O)C5)nc(OC[C@]56CCC[C@H]5N(C5C[C@@H](C)O[C@@H](C)C5)CCC6)nc4c3F)c12. The number of likely N-dealkylation sites (tertiary alicyclic amines) is 1. The number of benzene rings is 2. The number of fused-ring (bicyclic) bond motifs is 3. The number of aryl methyl sites for hydroxylation is 1. The van der Waals surface area contributed by atoms with E-state index in [4.69, 9.17) is 24.2 Å². The first-order valence-electron chi connectivity index (χ1n) is 19.9. The molecule has 4 aromatic rings. The molecule has 0 bridgehead atoms. The maximum atomic E-state index is 17.2. The van der Waals surface area contributed by atoms with Crippen molar-refractivity contribution in [2.75, 3.05) is 44.4 Å². The molecule has 55 heavy (non-hydrogen) atoms. The second-order valence-electron chi connectivity index (χ2n) is 16.8. The third-order valence-corrected chi connectivity index (χ3v) is 12.5. The van der Waals surface area contributed by atoms with Crippen molar-refractivity contribution in [1.82, 2.24) is 19.9 Å². The molecular weight excluding hydrogens is 708 g/mol. The Balaban J connectivity index is 1.22. The molecule has 0 radical (unpaired) electrons. The molecule has 0 spiro atoms. The first-order valence-corrected chi connectivity index (χ1v) is 19.9. The Morgan fingerprint density at radius 2 is 1.85 bits per heavy atom. The fourth-order valence-electron chi connectivity index (χ4n) is 10.2. The van der Waals surface area contributed by atoms with Crippen LogP contribution in [-0.4, -0.2) is 111 Å². The number of hydrogen-bond acceptors (Lipinski definition) is 11. The summed E-state index contributed by atoms with van der Waals surface area (Å²) in [6.07, 6.45) is 8.86. The summed E-state index contributed by atoms with van der Waals surface area (Å²) >= 11 is 0. The van der Waals surface area contributed by atoms with Gasteiger partial charge in [0.1, 0.15) is 34.2 Å². The normalized spacial score (nSPS) is 30.5. The molecule has 2 aromatic carbocycles. The number of phenols is 1. The van der Waals surface area contributed by atoms with Crippen LogP contribution in [0.5, 0.6) is 11.8 Å². The monoisotopic (exact) mass is 761 g/mol. The van der Waals surface area contributed by atoms with Gasteiger partial charge in [-0.15, -0.1) is 0 Å². The van der Waals surface area contributed by atoms with Gasteiger partial charge in [0.25, 0.3) is 0 Å². The Bertz CT molecular complexity index is 2060. The Kier molecular flexibility index (Phi) is 10.4. The zero-order chi connectivity index (χ0) is 38.6. The van der Waals surface area contributed by atoms with E-state index >= 15 is 8.78 Å². The molecule has 4 aliphatic rings. The maximum Gasteiger partial charge on any atom is 0.319 e. The number of aliphatic hydroxyl groups excluding tert-OH is 1. The fraction of sp³-hybridized carbons (Fsp3) is 0.595. The van der Waals surface area contributed by atoms with Crippen LogP contribution >= 0.6 is 0 Å². The molecule has 1 aliphatic carbocycles. The second-order valence-corrected chi connectivity index (χ2v) is 16.8. The highest BCUT2D eigenvalue weighted by Crippen LogP contribution is 2.50. The van der Waals surface area contributed by atoms with E-state index in [1.165, 1.54) is 24.4 Å². The van der Waals surface area contributed by atoms with Crippen LogP contribution in [-0.2, 0) is 15.9 Å². The van der Waals surface area contributed by atoms with E-state index in [9.17, 15) is 15.3 Å². The number of anilines is 1. The largest absolute Gasteiger partial charge is 0.508 e. The van der Waals surface area contributed by atoms with Gasteiger partial charge < -0.3 is 34.4 Å². The van der Waals surface area contributed by atoms with Crippen molar-refractivity contribution in [3.8, 4) is 23.0 Å². The first kappa shape index (κ1) is 38.1. The first-order chi connectivity index (χ1) is 26.4. The van der Waals surface area contributed by atoms with Crippen LogP contribution in [0.15, 0.2) is 30.5 Å². The number of aliphatic hydroxyl groups is 2. The van der Waals surface area contributed by atoms with E-state index < -0.39 is 23.3 Å². The molecule has 1 saturated carbocycles. The number of halogens is 2. The Morgan fingerprint density at radius 3 is 2.62 bits per heavy atom. The molecule has 1 unspecified atom stereocenters. The fourth-order valence-corrected chi connectivity index (χ4v) is 10.2. The van der Waals surface area contributed by atoms with Crippen molar-refractivity contribution < 1.29 is 38.3 Å². The summed E-state index contributed by atoms with van der Waals surface area (Å²) in [4.78, 5) is 18.7. The second kappa shape index (κ2) is 15.0. The van der Waals surface area contributed by atoms with Crippen LogP contribution in [0.2, 0.25) is 0 Å². The summed E-state index contributed by atoms with van der Waals surface area (Å²) in [5.74, 6) is -1.02. The minimum absolute atomic E-state index is 0.00424. The molecule has 3 aliphatic heterocycles. The molecule has 4 fully saturated rings. The lowest BCUT2D eigenvalue weighted by molar-refractivity contribution is -0.0967. The molecule has 8 rings (SSSR count). The number of ether oxygens (including phenoxy) is 3. The highest BCUT2D eigenvalue weighted by atomic mass is 19.1. The summed E-state index contributed by atoms with van der Waals surface area (Å²) < 4.78 is 50.9. The highest BCUT2D eigenvalue weighted by Gasteiger charge is 2.51. The van der Waals surface area contributed by atoms with E-state index in [1.807, 2.05) is 6.92 Å². The number of nitrogens with zero attached hydrogens (tertiary/aromatic N) is 5. The van der Waals surface area contributed by atoms with Crippen molar-refractivity contribution in [3.05, 3.63) is 47.7 Å². The van der Waals surface area contributed by atoms with E-state index in [1.54, 1.807) is 17.9 Å². The van der Waals surface area contributed by atoms with Crippen LogP contribution in [0.25, 0.3) is 32.9 Å². The summed E-state index contributed by atoms with van der Waals surface area (Å²) in [5.41, 5.74) is -0.952. The van der Waals surface area contributed by atoms with Crippen LogP contribution in [0.1, 0.15) is 78.2 Å². The summed E-state index contributed by atoms with van der Waals surface area (Å²) in [6.45, 7) is 9.15. The number of rotatable bonds is 8. The predicted molar refractivity (Wildman–Crippen MR) is 205 cm³/mol. The van der Waals surface area contributed by atoms with Crippen LogP contribution in [0.4, 0.5) is 14.6 Å². The zero-order valence-corrected chi connectivity index (χ0v) is 32.2. The van der Waals surface area contributed by atoms with Crippen molar-refractivity contribution in [3.63, 3.8) is 0 Å². The highest BCUT2D eigenvalue weighted by molar-refractivity contribution is 6.01. The number of piperidine rings is 1. The topological polar surface area (TPSA) is 134 Å². The number of phenolic OH excluding ortho intramolecular Hbond substituents is 1. The molecular formula is C42H53F2N5O6. The Labute approximate surface area is 320 Å². The number of hydrogen-bond donors (Lipinski definition) is 3. The third kappa shape index (κ3) is 7.22. The van der Waals surface area contributed by atoms with Crippen LogP contribution < -0.4 is 9.64 Å². The van der Waals surface area contributed by atoms with E-state index in [2.05, 4.69) is 23.7 Å². The Hall–Kier alpha value is -3.75. The number of β-amino-alcohol motifs (C(OH)–C–C–N with tert-alkyl or cyclic N) is 1. The molecule has 3 N–H and O–H groups in total. The lowest BCUT2D eigenvalue weighted by atomic mass is 9.74. The average Bonchev–Trinajstić information content (AvgIpc) is 3.52. The van der Waals surface area contributed by atoms with Crippen LogP contribution in [0, 0.1) is 17.0 Å². The standard InChI is InChI=1S/C42H53F2N5O6/c1-5-30-33(43)10-9-26-16-28(51)17-31(35(26)30)37-36(44)38-32(18-45-37)39(48-19-29(20-50)53-22-41(4,52)21-48)47-40(46-38)54-23-42-11-6-8-34(42)49(13-7-12-42)27-14-24(2)55-25(3)15-27/h9-10,16-18,24-25,27,29,34,50-52H,5-8,11-15,19-23H2,1-4H3/t24-,25+,27?,29-,34-,41+,42-/m1/s1. The van der Waals surface area contributed by atoms with Gasteiger partial charge in [0.2, 0.25) is 0 Å². The number of aromatic hydroxyl groups is 1. The van der Waals surface area contributed by atoms with E-state index in [-0.39, 0.29) is 77.8 Å². The van der Waals surface area contributed by atoms with Gasteiger partial charge in [-0.1, -0.05) is 19.4 Å². The summed E-state index contributed by atoms with van der Waals surface area (Å²) in [5, 5.41) is 33.4. The van der Waals surface area contributed by atoms with Crippen molar-refractivity contribution >= 4 is 27.5 Å². The van der Waals surface area contributed by atoms with E-state index in [0.29, 0.717) is 47.3 Å². The predicted octanol–water partition coefficient (Wildman–Crippen LogP) is 6.31. The van der Waals surface area contributed by atoms with Gasteiger partial charge >= 0.3 is 6.01 Å². The van der Waals surface area contributed by atoms with Gasteiger partial charge in [0.15, 0.2) is 5.82 Å². The lowest BCUT2D eigenvalue weighted by Crippen LogP contribution is -2.57. The molecule has 11 nitrogen and oxygen atoms in total. The molecule has 5 heterocycles. The summed E-state index contributed by atoms with van der Waals surface area (Å²) in [7, 11) is 0. The minimum atomic E-state index is -1.31. The van der Waals surface area contributed by atoms with Crippen molar-refractivity contribution in [1.29, 1.82) is 0 Å². The molecule has 3 saturated heterocycles. The summed E-state index contributed by atoms with van der Waals surface area (Å²) in [6, 6.07) is 6.62. The van der Waals surface area contributed by atoms with Gasteiger partial charge in [-0.2, -0.15) is 9.97 Å². The van der Waals surface area contributed by atoms with Gasteiger partial charge in [0.05, 0.1) is 50.1 Å². The van der Waals surface area contributed by atoms with Crippen molar-refractivity contribution in [2.24, 2.45) is 5.41 Å².